The first kappa shape index (κ1) is 24.8. The monoisotopic (exact) mass is 496 g/mol. The molecule has 1 aromatic heterocycles. The molecule has 0 saturated carbocycles. The lowest BCUT2D eigenvalue weighted by molar-refractivity contribution is -0.139. The van der Waals surface area contributed by atoms with Gasteiger partial charge in [-0.05, 0) is 25.5 Å². The zero-order valence-corrected chi connectivity index (χ0v) is 19.2. The topological polar surface area (TPSA) is 126 Å². The second kappa shape index (κ2) is 10.1. The molecule has 11 nitrogen and oxygen atoms in total. The molecule has 2 fully saturated rings. The van der Waals surface area contributed by atoms with E-state index in [2.05, 4.69) is 20.4 Å². The van der Waals surface area contributed by atoms with E-state index in [-0.39, 0.29) is 30.6 Å². The van der Waals surface area contributed by atoms with Crippen molar-refractivity contribution in [1.29, 1.82) is 0 Å². The van der Waals surface area contributed by atoms with Crippen LogP contribution in [-0.4, -0.2) is 108 Å². The van der Waals surface area contributed by atoms with Crippen molar-refractivity contribution in [3.63, 3.8) is 0 Å². The van der Waals surface area contributed by atoms with E-state index in [0.717, 1.165) is 6.07 Å². The van der Waals surface area contributed by atoms with E-state index in [1.165, 1.54) is 0 Å². The Bertz CT molecular complexity index is 1080. The SMILES string of the molecule is CNC(=O)C1CN=C(N2CCN(C(=O)CN3CCCC3c3cc(C(F)(F)F)c(=O)[nH]n3)CC2)C=N1. The largest absolute Gasteiger partial charge is 0.421 e. The number of hydrogen-bond acceptors (Lipinski definition) is 8. The summed E-state index contributed by atoms with van der Waals surface area (Å²) in [4.78, 5) is 50.4. The van der Waals surface area contributed by atoms with Crippen LogP contribution in [-0.2, 0) is 15.8 Å². The van der Waals surface area contributed by atoms with E-state index in [4.69, 9.17) is 0 Å². The van der Waals surface area contributed by atoms with Gasteiger partial charge < -0.3 is 15.1 Å². The van der Waals surface area contributed by atoms with Gasteiger partial charge in [0.2, 0.25) is 11.8 Å². The van der Waals surface area contributed by atoms with Crippen molar-refractivity contribution in [3.8, 4) is 0 Å². The quantitative estimate of drug-likeness (QED) is 0.588. The molecule has 1 aromatic rings. The molecule has 35 heavy (non-hydrogen) atoms. The number of likely N-dealkylation sites (N-methyl/N-ethyl adjacent to an activating group) is 1. The maximum absolute atomic E-state index is 13.1. The summed E-state index contributed by atoms with van der Waals surface area (Å²) >= 11 is 0. The Balaban J connectivity index is 1.33. The Morgan fingerprint density at radius 3 is 2.57 bits per heavy atom. The predicted octanol–water partition coefficient (Wildman–Crippen LogP) is -0.333. The number of carbonyl (C=O) groups is 2. The molecule has 3 aliphatic rings. The van der Waals surface area contributed by atoms with Crippen LogP contribution in [0.2, 0.25) is 0 Å². The van der Waals surface area contributed by atoms with Crippen molar-refractivity contribution in [3.05, 3.63) is 27.7 Å². The number of aromatic nitrogens is 2. The van der Waals surface area contributed by atoms with Crippen LogP contribution in [0.15, 0.2) is 20.8 Å². The maximum Gasteiger partial charge on any atom is 0.421 e. The van der Waals surface area contributed by atoms with Crippen molar-refractivity contribution in [2.75, 3.05) is 52.9 Å². The van der Waals surface area contributed by atoms with E-state index in [1.807, 2.05) is 14.9 Å². The number of aliphatic imine (C=N–C) groups is 2. The Labute approximate surface area is 199 Å². The van der Waals surface area contributed by atoms with Gasteiger partial charge in [0.1, 0.15) is 17.4 Å². The maximum atomic E-state index is 13.1. The van der Waals surface area contributed by atoms with E-state index >= 15 is 0 Å². The van der Waals surface area contributed by atoms with Crippen LogP contribution in [0.25, 0.3) is 0 Å². The molecule has 4 rings (SSSR count). The summed E-state index contributed by atoms with van der Waals surface area (Å²) < 4.78 is 39.4. The van der Waals surface area contributed by atoms with Crippen molar-refractivity contribution < 1.29 is 22.8 Å². The fourth-order valence-corrected chi connectivity index (χ4v) is 4.54. The second-order valence-corrected chi connectivity index (χ2v) is 8.64. The molecule has 0 aromatic carbocycles. The van der Waals surface area contributed by atoms with E-state index in [1.54, 1.807) is 18.2 Å². The zero-order valence-electron chi connectivity index (χ0n) is 19.2. The fraction of sp³-hybridized carbons (Fsp3) is 0.619. The standard InChI is InChI=1S/C21H27F3N8O3/c1-25-20(35)15-10-27-17(11-26-15)30-5-7-31(8-6-30)18(33)12-32-4-2-3-16(32)14-9-13(21(22,23)24)19(34)29-28-14/h9,11,15-16H,2-8,10,12H2,1H3,(H,25,35)(H,29,34). The van der Waals surface area contributed by atoms with Crippen molar-refractivity contribution in [1.82, 2.24) is 30.2 Å². The number of rotatable bonds is 4. The van der Waals surface area contributed by atoms with Crippen LogP contribution in [0, 0.1) is 0 Å². The average Bonchev–Trinajstić information content (AvgIpc) is 3.31. The van der Waals surface area contributed by atoms with Gasteiger partial charge in [0.25, 0.3) is 5.56 Å². The van der Waals surface area contributed by atoms with Crippen LogP contribution in [0.3, 0.4) is 0 Å². The number of carbonyl (C=O) groups excluding carboxylic acids is 2. The lowest BCUT2D eigenvalue weighted by atomic mass is 10.1. The fourth-order valence-electron chi connectivity index (χ4n) is 4.54. The smallest absolute Gasteiger partial charge is 0.357 e. The number of aromatic amines is 1. The Morgan fingerprint density at radius 1 is 1.20 bits per heavy atom. The van der Waals surface area contributed by atoms with Crippen LogP contribution < -0.4 is 10.9 Å². The molecule has 0 radical (unpaired) electrons. The number of likely N-dealkylation sites (tertiary alicyclic amines) is 1. The summed E-state index contributed by atoms with van der Waals surface area (Å²) in [5.41, 5.74) is -2.46. The van der Waals surface area contributed by atoms with Gasteiger partial charge in [-0.25, -0.2) is 5.10 Å². The third kappa shape index (κ3) is 5.52. The highest BCUT2D eigenvalue weighted by Crippen LogP contribution is 2.33. The van der Waals surface area contributed by atoms with Gasteiger partial charge in [0.05, 0.1) is 31.0 Å². The first-order valence-corrected chi connectivity index (χ1v) is 11.4. The summed E-state index contributed by atoms with van der Waals surface area (Å²) in [6.07, 6.45) is -1.93. The number of amides is 2. The molecule has 0 bridgehead atoms. The summed E-state index contributed by atoms with van der Waals surface area (Å²) in [5.74, 6) is 0.379. The minimum Gasteiger partial charge on any atom is -0.357 e. The summed E-state index contributed by atoms with van der Waals surface area (Å²) in [7, 11) is 1.55. The molecule has 0 spiro atoms. The molecule has 0 aliphatic carbocycles. The summed E-state index contributed by atoms with van der Waals surface area (Å²) in [6, 6.07) is -0.213. The molecule has 2 N–H and O–H groups in total. The molecule has 2 amide bonds. The molecule has 14 heteroatoms. The minimum absolute atomic E-state index is 0.0586. The number of amidine groups is 1. The van der Waals surface area contributed by atoms with Gasteiger partial charge in [-0.1, -0.05) is 0 Å². The molecule has 3 aliphatic heterocycles. The van der Waals surface area contributed by atoms with Crippen LogP contribution in [0.4, 0.5) is 13.2 Å². The third-order valence-electron chi connectivity index (χ3n) is 6.47. The molecular formula is C21H27F3N8O3. The first-order chi connectivity index (χ1) is 16.7. The average molecular weight is 496 g/mol. The molecule has 2 saturated heterocycles. The highest BCUT2D eigenvalue weighted by Gasteiger charge is 2.37. The van der Waals surface area contributed by atoms with Gasteiger partial charge in [0.15, 0.2) is 0 Å². The number of hydrogen-bond donors (Lipinski definition) is 2. The van der Waals surface area contributed by atoms with Gasteiger partial charge >= 0.3 is 6.18 Å². The number of nitrogens with one attached hydrogen (secondary N) is 2. The van der Waals surface area contributed by atoms with Crippen LogP contribution >= 0.6 is 0 Å². The lowest BCUT2D eigenvalue weighted by Gasteiger charge is -2.37. The van der Waals surface area contributed by atoms with E-state index in [9.17, 15) is 27.6 Å². The highest BCUT2D eigenvalue weighted by molar-refractivity contribution is 6.30. The van der Waals surface area contributed by atoms with E-state index in [0.29, 0.717) is 51.4 Å². The molecule has 190 valence electrons. The zero-order chi connectivity index (χ0) is 25.2. The third-order valence-corrected chi connectivity index (χ3v) is 6.47. The van der Waals surface area contributed by atoms with Gasteiger partial charge in [-0.3, -0.25) is 29.3 Å². The number of nitrogens with zero attached hydrogens (tertiary/aromatic N) is 6. The van der Waals surface area contributed by atoms with Crippen LogP contribution in [0.1, 0.15) is 30.1 Å². The highest BCUT2D eigenvalue weighted by atomic mass is 19.4. The van der Waals surface area contributed by atoms with Gasteiger partial charge in [0, 0.05) is 33.2 Å². The van der Waals surface area contributed by atoms with Gasteiger partial charge in [-0.2, -0.15) is 18.3 Å². The summed E-state index contributed by atoms with van der Waals surface area (Å²) in [5, 5.41) is 8.32. The van der Waals surface area contributed by atoms with E-state index < -0.39 is 29.4 Å². The van der Waals surface area contributed by atoms with Crippen molar-refractivity contribution in [2.45, 2.75) is 31.1 Å². The Morgan fingerprint density at radius 2 is 1.94 bits per heavy atom. The normalized spacial score (nSPS) is 23.4. The Hall–Kier alpha value is -3.29. The number of alkyl halides is 3. The number of H-pyrrole nitrogens is 1. The first-order valence-electron chi connectivity index (χ1n) is 11.4. The minimum atomic E-state index is -4.78. The second-order valence-electron chi connectivity index (χ2n) is 8.64. The Kier molecular flexibility index (Phi) is 7.19. The molecular weight excluding hydrogens is 469 g/mol. The van der Waals surface area contributed by atoms with Crippen molar-refractivity contribution >= 4 is 23.9 Å². The number of piperazine rings is 1. The van der Waals surface area contributed by atoms with Gasteiger partial charge in [-0.15, -0.1) is 0 Å². The lowest BCUT2D eigenvalue weighted by Crippen LogP contribution is -2.53. The molecule has 4 heterocycles. The van der Waals surface area contributed by atoms with Crippen LogP contribution in [0.5, 0.6) is 0 Å². The van der Waals surface area contributed by atoms with Crippen molar-refractivity contribution in [2.24, 2.45) is 9.98 Å². The molecule has 2 unspecified atom stereocenters. The number of halogens is 3. The summed E-state index contributed by atoms with van der Waals surface area (Å²) in [6.45, 7) is 2.94. The predicted molar refractivity (Wildman–Crippen MR) is 120 cm³/mol. The molecule has 2 atom stereocenters.